The predicted molar refractivity (Wildman–Crippen MR) is 61.6 cm³/mol. The Morgan fingerprint density at radius 1 is 1.44 bits per heavy atom. The summed E-state index contributed by atoms with van der Waals surface area (Å²) in [6, 6.07) is 2.70. The van der Waals surface area contributed by atoms with E-state index < -0.39 is 16.0 Å². The smallest absolute Gasteiger partial charge is 0.339 e. The number of carbonyl (C=O) groups is 1. The Kier molecular flexibility index (Phi) is 3.72. The van der Waals surface area contributed by atoms with Gasteiger partial charge in [0.15, 0.2) is 0 Å². The molecule has 0 aliphatic carbocycles. The third-order valence-corrected chi connectivity index (χ3v) is 3.69. The molecule has 0 atom stereocenters. The van der Waals surface area contributed by atoms with Gasteiger partial charge in [-0.25, -0.2) is 18.4 Å². The molecule has 0 radical (unpaired) electrons. The highest BCUT2D eigenvalue weighted by Gasteiger charge is 2.18. The van der Waals surface area contributed by atoms with E-state index >= 15 is 0 Å². The fraction of sp³-hybridized carbons (Fsp3) is 0.222. The van der Waals surface area contributed by atoms with Gasteiger partial charge in [0, 0.05) is 4.47 Å². The van der Waals surface area contributed by atoms with Crippen molar-refractivity contribution in [3.8, 4) is 0 Å². The maximum absolute atomic E-state index is 11.3. The Bertz CT molecular complexity index is 539. The number of primary sulfonamides is 1. The van der Waals surface area contributed by atoms with E-state index in [0.717, 1.165) is 0 Å². The predicted octanol–water partition coefficient (Wildman–Crippen LogP) is 1.19. The van der Waals surface area contributed by atoms with E-state index in [0.29, 0.717) is 10.0 Å². The molecule has 16 heavy (non-hydrogen) atoms. The fourth-order valence-corrected chi connectivity index (χ4v) is 2.64. The number of carbonyl (C=O) groups excluding carboxylic acids is 1. The lowest BCUT2D eigenvalue weighted by Crippen LogP contribution is -2.15. The van der Waals surface area contributed by atoms with Crippen molar-refractivity contribution in [1.29, 1.82) is 0 Å². The number of aryl methyl sites for hydroxylation is 1. The fourth-order valence-electron chi connectivity index (χ4n) is 1.23. The Balaban J connectivity index is 3.51. The molecule has 0 saturated heterocycles. The molecule has 1 aromatic rings. The van der Waals surface area contributed by atoms with Crippen LogP contribution in [0.5, 0.6) is 0 Å². The SMILES string of the molecule is COC(=O)c1cc(S(N)(=O)=O)c(C)cc1Br. The number of esters is 1. The molecule has 0 saturated carbocycles. The molecule has 0 amide bonds. The van der Waals surface area contributed by atoms with Gasteiger partial charge < -0.3 is 4.74 Å². The number of methoxy groups -OCH3 is 1. The second kappa shape index (κ2) is 4.52. The van der Waals surface area contributed by atoms with E-state index in [1.54, 1.807) is 6.92 Å². The maximum Gasteiger partial charge on any atom is 0.339 e. The molecule has 1 rings (SSSR count). The highest BCUT2D eigenvalue weighted by atomic mass is 79.9. The van der Waals surface area contributed by atoms with Crippen molar-refractivity contribution in [1.82, 2.24) is 0 Å². The minimum absolute atomic E-state index is 0.0869. The van der Waals surface area contributed by atoms with Crippen LogP contribution in [-0.4, -0.2) is 21.5 Å². The van der Waals surface area contributed by atoms with Crippen LogP contribution in [0, 0.1) is 6.92 Å². The van der Waals surface area contributed by atoms with Gasteiger partial charge in [0.1, 0.15) is 0 Å². The molecule has 1 aromatic carbocycles. The van der Waals surface area contributed by atoms with Crippen LogP contribution < -0.4 is 5.14 Å². The Morgan fingerprint density at radius 2 is 2.00 bits per heavy atom. The van der Waals surface area contributed by atoms with Gasteiger partial charge in [0.2, 0.25) is 10.0 Å². The van der Waals surface area contributed by atoms with Crippen molar-refractivity contribution in [2.24, 2.45) is 5.14 Å². The standard InChI is InChI=1S/C9H10BrNO4S/c1-5-3-7(10)6(9(12)15-2)4-8(5)16(11,13)14/h3-4H,1-2H3,(H2,11,13,14). The molecule has 0 fully saturated rings. The highest BCUT2D eigenvalue weighted by molar-refractivity contribution is 9.10. The van der Waals surface area contributed by atoms with Crippen LogP contribution in [-0.2, 0) is 14.8 Å². The van der Waals surface area contributed by atoms with Crippen molar-refractivity contribution in [2.45, 2.75) is 11.8 Å². The molecule has 0 aromatic heterocycles. The molecule has 7 heteroatoms. The number of hydrogen-bond donors (Lipinski definition) is 1. The largest absolute Gasteiger partial charge is 0.465 e. The van der Waals surface area contributed by atoms with Crippen molar-refractivity contribution in [2.75, 3.05) is 7.11 Å². The Morgan fingerprint density at radius 3 is 2.44 bits per heavy atom. The van der Waals surface area contributed by atoms with Crippen LogP contribution in [0.4, 0.5) is 0 Å². The summed E-state index contributed by atoms with van der Waals surface area (Å²) in [5, 5.41) is 5.02. The molecule has 2 N–H and O–H groups in total. The number of halogens is 1. The topological polar surface area (TPSA) is 86.5 Å². The second-order valence-electron chi connectivity index (χ2n) is 3.13. The summed E-state index contributed by atoms with van der Waals surface area (Å²) in [5.41, 5.74) is 0.583. The van der Waals surface area contributed by atoms with E-state index in [1.807, 2.05) is 0 Å². The lowest BCUT2D eigenvalue weighted by atomic mass is 10.1. The van der Waals surface area contributed by atoms with Crippen molar-refractivity contribution in [3.05, 3.63) is 27.7 Å². The number of hydrogen-bond acceptors (Lipinski definition) is 4. The van der Waals surface area contributed by atoms with Gasteiger partial charge in [0.05, 0.1) is 17.6 Å². The van der Waals surface area contributed by atoms with Crippen LogP contribution in [0.25, 0.3) is 0 Å². The Hall–Kier alpha value is -0.920. The molecule has 88 valence electrons. The summed E-state index contributed by atoms with van der Waals surface area (Å²) in [7, 11) is -2.63. The molecular formula is C9H10BrNO4S. The first-order valence-electron chi connectivity index (χ1n) is 4.18. The summed E-state index contributed by atoms with van der Waals surface area (Å²) >= 11 is 3.15. The zero-order valence-corrected chi connectivity index (χ0v) is 11.1. The summed E-state index contributed by atoms with van der Waals surface area (Å²) in [6.07, 6.45) is 0. The third-order valence-electron chi connectivity index (χ3n) is 1.98. The molecule has 5 nitrogen and oxygen atoms in total. The number of rotatable bonds is 2. The van der Waals surface area contributed by atoms with E-state index in [4.69, 9.17) is 5.14 Å². The van der Waals surface area contributed by atoms with Gasteiger partial charge in [-0.2, -0.15) is 0 Å². The zero-order chi connectivity index (χ0) is 12.5. The third kappa shape index (κ3) is 2.60. The lowest BCUT2D eigenvalue weighted by Gasteiger charge is -2.08. The number of nitrogens with two attached hydrogens (primary N) is 1. The summed E-state index contributed by atoms with van der Waals surface area (Å²) < 4.78 is 27.5. The van der Waals surface area contributed by atoms with E-state index in [1.165, 1.54) is 19.2 Å². The van der Waals surface area contributed by atoms with Crippen molar-refractivity contribution >= 4 is 31.9 Å². The van der Waals surface area contributed by atoms with E-state index in [2.05, 4.69) is 20.7 Å². The van der Waals surface area contributed by atoms with Gasteiger partial charge in [-0.1, -0.05) is 0 Å². The molecule has 0 unspecified atom stereocenters. The van der Waals surface area contributed by atoms with Gasteiger partial charge in [-0.3, -0.25) is 0 Å². The number of ether oxygens (including phenoxy) is 1. The van der Waals surface area contributed by atoms with Gasteiger partial charge in [-0.15, -0.1) is 0 Å². The summed E-state index contributed by atoms with van der Waals surface area (Å²) in [6.45, 7) is 1.59. The van der Waals surface area contributed by atoms with Crippen LogP contribution >= 0.6 is 15.9 Å². The summed E-state index contributed by atoms with van der Waals surface area (Å²) in [4.78, 5) is 11.2. The molecular weight excluding hydrogens is 298 g/mol. The zero-order valence-electron chi connectivity index (χ0n) is 8.65. The van der Waals surface area contributed by atoms with E-state index in [-0.39, 0.29) is 10.5 Å². The Labute approximate surface area is 102 Å². The molecule has 0 spiro atoms. The van der Waals surface area contributed by atoms with Crippen LogP contribution in [0.3, 0.4) is 0 Å². The quantitative estimate of drug-likeness (QED) is 0.832. The van der Waals surface area contributed by atoms with Crippen molar-refractivity contribution < 1.29 is 17.9 Å². The maximum atomic E-state index is 11.3. The van der Waals surface area contributed by atoms with Crippen LogP contribution in [0.1, 0.15) is 15.9 Å². The molecule has 0 aliphatic rings. The first-order chi connectivity index (χ1) is 7.27. The average molecular weight is 308 g/mol. The summed E-state index contributed by atoms with van der Waals surface area (Å²) in [5.74, 6) is -0.628. The van der Waals surface area contributed by atoms with Gasteiger partial charge >= 0.3 is 5.97 Å². The number of benzene rings is 1. The lowest BCUT2D eigenvalue weighted by molar-refractivity contribution is 0.0599. The first-order valence-corrected chi connectivity index (χ1v) is 6.52. The highest BCUT2D eigenvalue weighted by Crippen LogP contribution is 2.24. The van der Waals surface area contributed by atoms with Gasteiger partial charge in [-0.05, 0) is 40.5 Å². The number of sulfonamides is 1. The normalized spacial score (nSPS) is 11.2. The van der Waals surface area contributed by atoms with E-state index in [9.17, 15) is 13.2 Å². The molecule has 0 bridgehead atoms. The monoisotopic (exact) mass is 307 g/mol. The van der Waals surface area contributed by atoms with Gasteiger partial charge in [0.25, 0.3) is 0 Å². The second-order valence-corrected chi connectivity index (χ2v) is 5.52. The molecule has 0 aliphatic heterocycles. The van der Waals surface area contributed by atoms with Crippen LogP contribution in [0.2, 0.25) is 0 Å². The van der Waals surface area contributed by atoms with Crippen LogP contribution in [0.15, 0.2) is 21.5 Å². The first kappa shape index (κ1) is 13.1. The molecule has 0 heterocycles. The van der Waals surface area contributed by atoms with Crippen molar-refractivity contribution in [3.63, 3.8) is 0 Å². The average Bonchev–Trinajstić information content (AvgIpc) is 2.14. The minimum Gasteiger partial charge on any atom is -0.465 e. The minimum atomic E-state index is -3.84.